The lowest BCUT2D eigenvalue weighted by Gasteiger charge is -2.27. The number of thioether (sulfide) groups is 1. The molecule has 2 unspecified atom stereocenters. The predicted octanol–water partition coefficient (Wildman–Crippen LogP) is 2.02. The van der Waals surface area contributed by atoms with Crippen molar-refractivity contribution in [3.63, 3.8) is 0 Å². The van der Waals surface area contributed by atoms with Gasteiger partial charge < -0.3 is 0 Å². The summed E-state index contributed by atoms with van der Waals surface area (Å²) < 4.78 is 1.98. The van der Waals surface area contributed by atoms with Gasteiger partial charge in [-0.25, -0.2) is 0 Å². The fourth-order valence-corrected chi connectivity index (χ4v) is 3.00. The minimum absolute atomic E-state index is 0.444. The van der Waals surface area contributed by atoms with Crippen molar-refractivity contribution in [2.24, 2.45) is 0 Å². The summed E-state index contributed by atoms with van der Waals surface area (Å²) >= 11 is 1.98. The van der Waals surface area contributed by atoms with Crippen LogP contribution in [0.15, 0.2) is 12.4 Å². The summed E-state index contributed by atoms with van der Waals surface area (Å²) in [6.45, 7) is 5.31. The average Bonchev–Trinajstić information content (AvgIpc) is 2.66. The number of hydrogen-bond donors (Lipinski definition) is 1. The SMILES string of the molecule is CCn1cc(C2NC(C)CCS2)cn1. The third-order valence-electron chi connectivity index (χ3n) is 2.55. The van der Waals surface area contributed by atoms with Crippen LogP contribution in [0.3, 0.4) is 0 Å². The first-order chi connectivity index (χ1) is 6.79. The van der Waals surface area contributed by atoms with Crippen molar-refractivity contribution in [3.8, 4) is 0 Å². The second-order valence-electron chi connectivity index (χ2n) is 3.74. The van der Waals surface area contributed by atoms with E-state index in [1.807, 2.05) is 22.6 Å². The molecular formula is C10H17N3S. The maximum absolute atomic E-state index is 4.30. The quantitative estimate of drug-likeness (QED) is 0.811. The summed E-state index contributed by atoms with van der Waals surface area (Å²) in [7, 11) is 0. The van der Waals surface area contributed by atoms with Gasteiger partial charge in [0, 0.05) is 24.3 Å². The molecular weight excluding hydrogens is 194 g/mol. The Hall–Kier alpha value is -0.480. The summed E-state index contributed by atoms with van der Waals surface area (Å²) in [5.41, 5.74) is 1.31. The number of nitrogens with zero attached hydrogens (tertiary/aromatic N) is 2. The summed E-state index contributed by atoms with van der Waals surface area (Å²) in [5.74, 6) is 1.25. The highest BCUT2D eigenvalue weighted by Crippen LogP contribution is 2.30. The molecule has 4 heteroatoms. The summed E-state index contributed by atoms with van der Waals surface area (Å²) in [5, 5.41) is 8.32. The van der Waals surface area contributed by atoms with E-state index in [-0.39, 0.29) is 0 Å². The van der Waals surface area contributed by atoms with E-state index in [9.17, 15) is 0 Å². The summed E-state index contributed by atoms with van der Waals surface area (Å²) in [4.78, 5) is 0. The molecule has 0 radical (unpaired) electrons. The zero-order valence-electron chi connectivity index (χ0n) is 8.73. The highest BCUT2D eigenvalue weighted by atomic mass is 32.2. The lowest BCUT2D eigenvalue weighted by molar-refractivity contribution is 0.511. The Balaban J connectivity index is 2.06. The van der Waals surface area contributed by atoms with Crippen LogP contribution in [0.25, 0.3) is 0 Å². The smallest absolute Gasteiger partial charge is 0.0822 e. The van der Waals surface area contributed by atoms with Crippen LogP contribution in [0, 0.1) is 0 Å². The zero-order chi connectivity index (χ0) is 9.97. The zero-order valence-corrected chi connectivity index (χ0v) is 9.55. The lowest BCUT2D eigenvalue weighted by Crippen LogP contribution is -2.33. The van der Waals surface area contributed by atoms with Crippen LogP contribution in [0.2, 0.25) is 0 Å². The van der Waals surface area contributed by atoms with Crippen LogP contribution in [0.1, 0.15) is 31.2 Å². The van der Waals surface area contributed by atoms with Crippen molar-refractivity contribution in [2.45, 2.75) is 38.2 Å². The van der Waals surface area contributed by atoms with E-state index in [4.69, 9.17) is 0 Å². The fraction of sp³-hybridized carbons (Fsp3) is 0.700. The number of hydrogen-bond acceptors (Lipinski definition) is 3. The number of rotatable bonds is 2. The van der Waals surface area contributed by atoms with Crippen LogP contribution >= 0.6 is 11.8 Å². The van der Waals surface area contributed by atoms with Crippen molar-refractivity contribution >= 4 is 11.8 Å². The van der Waals surface area contributed by atoms with Gasteiger partial charge in [-0.15, -0.1) is 11.8 Å². The van der Waals surface area contributed by atoms with E-state index in [0.29, 0.717) is 11.4 Å². The second kappa shape index (κ2) is 4.36. The molecule has 0 amide bonds. The molecule has 1 aromatic rings. The molecule has 1 fully saturated rings. The molecule has 2 rings (SSSR count). The molecule has 2 heterocycles. The van der Waals surface area contributed by atoms with Crippen LogP contribution < -0.4 is 5.32 Å². The Bertz CT molecular complexity index is 297. The maximum atomic E-state index is 4.30. The Morgan fingerprint density at radius 3 is 3.21 bits per heavy atom. The van der Waals surface area contributed by atoms with E-state index in [1.165, 1.54) is 17.7 Å². The molecule has 0 saturated carbocycles. The van der Waals surface area contributed by atoms with Crippen molar-refractivity contribution in [1.82, 2.24) is 15.1 Å². The van der Waals surface area contributed by atoms with Gasteiger partial charge in [-0.05, 0) is 26.0 Å². The maximum Gasteiger partial charge on any atom is 0.0822 e. The molecule has 3 nitrogen and oxygen atoms in total. The Kier molecular flexibility index (Phi) is 3.13. The van der Waals surface area contributed by atoms with Crippen molar-refractivity contribution in [1.29, 1.82) is 0 Å². The van der Waals surface area contributed by atoms with Gasteiger partial charge in [0.2, 0.25) is 0 Å². The molecule has 1 N–H and O–H groups in total. The third-order valence-corrected chi connectivity index (χ3v) is 3.76. The topological polar surface area (TPSA) is 29.9 Å². The van der Waals surface area contributed by atoms with E-state index < -0.39 is 0 Å². The van der Waals surface area contributed by atoms with Gasteiger partial charge in [0.25, 0.3) is 0 Å². The summed E-state index contributed by atoms with van der Waals surface area (Å²) in [6.07, 6.45) is 5.39. The first-order valence-corrected chi connectivity index (χ1v) is 6.24. The number of aromatic nitrogens is 2. The van der Waals surface area contributed by atoms with Crippen LogP contribution in [-0.2, 0) is 6.54 Å². The molecule has 0 aliphatic carbocycles. The normalized spacial score (nSPS) is 27.9. The van der Waals surface area contributed by atoms with E-state index in [2.05, 4.69) is 30.5 Å². The van der Waals surface area contributed by atoms with Crippen LogP contribution in [0.5, 0.6) is 0 Å². The monoisotopic (exact) mass is 211 g/mol. The largest absolute Gasteiger partial charge is 0.299 e. The number of nitrogens with one attached hydrogen (secondary N) is 1. The molecule has 0 spiro atoms. The van der Waals surface area contributed by atoms with Crippen LogP contribution in [-0.4, -0.2) is 21.6 Å². The molecule has 0 aromatic carbocycles. The van der Waals surface area contributed by atoms with Gasteiger partial charge in [-0.3, -0.25) is 10.00 Å². The molecule has 1 aliphatic rings. The highest BCUT2D eigenvalue weighted by molar-refractivity contribution is 7.99. The van der Waals surface area contributed by atoms with E-state index in [0.717, 1.165) is 6.54 Å². The minimum Gasteiger partial charge on any atom is -0.299 e. The Morgan fingerprint density at radius 2 is 2.57 bits per heavy atom. The Labute approximate surface area is 89.3 Å². The molecule has 14 heavy (non-hydrogen) atoms. The first-order valence-electron chi connectivity index (χ1n) is 5.19. The molecule has 0 bridgehead atoms. The minimum atomic E-state index is 0.444. The van der Waals surface area contributed by atoms with Crippen molar-refractivity contribution < 1.29 is 0 Å². The van der Waals surface area contributed by atoms with E-state index >= 15 is 0 Å². The standard InChI is InChI=1S/C10H17N3S/c1-3-13-7-9(6-11-13)10-12-8(2)4-5-14-10/h6-8,10,12H,3-5H2,1-2H3. The van der Waals surface area contributed by atoms with Gasteiger partial charge >= 0.3 is 0 Å². The van der Waals surface area contributed by atoms with Gasteiger partial charge in [-0.1, -0.05) is 0 Å². The second-order valence-corrected chi connectivity index (χ2v) is 4.95. The van der Waals surface area contributed by atoms with Crippen LogP contribution in [0.4, 0.5) is 0 Å². The predicted molar refractivity (Wildman–Crippen MR) is 60.3 cm³/mol. The van der Waals surface area contributed by atoms with Crippen molar-refractivity contribution in [3.05, 3.63) is 18.0 Å². The summed E-state index contributed by atoms with van der Waals surface area (Å²) in [6, 6.07) is 0.631. The van der Waals surface area contributed by atoms with Gasteiger partial charge in [-0.2, -0.15) is 5.10 Å². The van der Waals surface area contributed by atoms with Gasteiger partial charge in [0.1, 0.15) is 0 Å². The van der Waals surface area contributed by atoms with Gasteiger partial charge in [0.15, 0.2) is 0 Å². The Morgan fingerprint density at radius 1 is 1.71 bits per heavy atom. The molecule has 1 aliphatic heterocycles. The molecule has 78 valence electrons. The van der Waals surface area contributed by atoms with E-state index in [1.54, 1.807) is 0 Å². The van der Waals surface area contributed by atoms with Gasteiger partial charge in [0.05, 0.1) is 11.6 Å². The molecule has 2 atom stereocenters. The average molecular weight is 211 g/mol. The third kappa shape index (κ3) is 2.12. The highest BCUT2D eigenvalue weighted by Gasteiger charge is 2.20. The molecule has 1 aromatic heterocycles. The first kappa shape index (κ1) is 10.1. The number of aryl methyl sites for hydroxylation is 1. The fourth-order valence-electron chi connectivity index (χ4n) is 1.63. The lowest BCUT2D eigenvalue weighted by atomic mass is 10.2. The van der Waals surface area contributed by atoms with Crippen molar-refractivity contribution in [2.75, 3.05) is 5.75 Å². The molecule has 1 saturated heterocycles.